The molecule has 5 nitrogen and oxygen atoms in total. The summed E-state index contributed by atoms with van der Waals surface area (Å²) in [5, 5.41) is 8.62. The van der Waals surface area contributed by atoms with Crippen molar-refractivity contribution in [1.29, 1.82) is 0 Å². The van der Waals surface area contributed by atoms with Gasteiger partial charge < -0.3 is 9.84 Å². The highest BCUT2D eigenvalue weighted by Crippen LogP contribution is 2.12. The van der Waals surface area contributed by atoms with Crippen LogP contribution in [0.1, 0.15) is 0 Å². The maximum atomic E-state index is 10.5. The SMILES string of the molecule is O=C(O)CN1CCN(C2COC2)CC1. The Kier molecular flexibility index (Phi) is 3.00. The number of nitrogens with zero attached hydrogens (tertiary/aromatic N) is 2. The summed E-state index contributed by atoms with van der Waals surface area (Å²) in [4.78, 5) is 14.9. The minimum Gasteiger partial charge on any atom is -0.480 e. The average Bonchev–Trinajstić information content (AvgIpc) is 2.04. The molecule has 1 N–H and O–H groups in total. The van der Waals surface area contributed by atoms with E-state index in [0.29, 0.717) is 6.04 Å². The standard InChI is InChI=1S/C9H16N2O3/c12-9(13)5-10-1-3-11(4-2-10)8-6-14-7-8/h8H,1-7H2,(H,12,13). The van der Waals surface area contributed by atoms with Crippen molar-refractivity contribution >= 4 is 5.97 Å². The topological polar surface area (TPSA) is 53.0 Å². The van der Waals surface area contributed by atoms with Crippen LogP contribution >= 0.6 is 0 Å². The van der Waals surface area contributed by atoms with Crippen LogP contribution in [-0.2, 0) is 9.53 Å². The first-order valence-corrected chi connectivity index (χ1v) is 5.01. The Balaban J connectivity index is 1.71. The molecule has 0 bridgehead atoms. The van der Waals surface area contributed by atoms with Gasteiger partial charge in [0.2, 0.25) is 0 Å². The van der Waals surface area contributed by atoms with Crippen LogP contribution < -0.4 is 0 Å². The Morgan fingerprint density at radius 3 is 2.36 bits per heavy atom. The number of aliphatic carboxylic acids is 1. The van der Waals surface area contributed by atoms with E-state index in [2.05, 4.69) is 4.90 Å². The fourth-order valence-electron chi connectivity index (χ4n) is 1.91. The minimum absolute atomic E-state index is 0.176. The second kappa shape index (κ2) is 4.25. The fourth-order valence-corrected chi connectivity index (χ4v) is 1.91. The van der Waals surface area contributed by atoms with Gasteiger partial charge in [-0.05, 0) is 0 Å². The van der Waals surface area contributed by atoms with Gasteiger partial charge in [0.1, 0.15) is 0 Å². The lowest BCUT2D eigenvalue weighted by atomic mass is 10.2. The van der Waals surface area contributed by atoms with Gasteiger partial charge >= 0.3 is 5.97 Å². The van der Waals surface area contributed by atoms with Crippen molar-refractivity contribution in [2.24, 2.45) is 0 Å². The van der Waals surface area contributed by atoms with Crippen molar-refractivity contribution in [3.05, 3.63) is 0 Å². The summed E-state index contributed by atoms with van der Waals surface area (Å²) < 4.78 is 5.13. The zero-order valence-corrected chi connectivity index (χ0v) is 8.19. The van der Waals surface area contributed by atoms with Crippen LogP contribution in [0.3, 0.4) is 0 Å². The molecule has 2 aliphatic heterocycles. The molecule has 2 fully saturated rings. The molecule has 5 heteroatoms. The van der Waals surface area contributed by atoms with Crippen molar-refractivity contribution in [2.75, 3.05) is 45.9 Å². The monoisotopic (exact) mass is 200 g/mol. The van der Waals surface area contributed by atoms with Gasteiger partial charge in [0.15, 0.2) is 0 Å². The van der Waals surface area contributed by atoms with E-state index in [1.807, 2.05) is 4.90 Å². The molecule has 2 aliphatic rings. The van der Waals surface area contributed by atoms with E-state index in [0.717, 1.165) is 39.4 Å². The van der Waals surface area contributed by atoms with E-state index in [1.165, 1.54) is 0 Å². The Hall–Kier alpha value is -0.650. The van der Waals surface area contributed by atoms with Crippen LogP contribution in [0.15, 0.2) is 0 Å². The lowest BCUT2D eigenvalue weighted by molar-refractivity contribution is -0.139. The molecular formula is C9H16N2O3. The number of carboxylic acids is 1. The van der Waals surface area contributed by atoms with Crippen LogP contribution in [0.2, 0.25) is 0 Å². The van der Waals surface area contributed by atoms with E-state index in [9.17, 15) is 4.79 Å². The van der Waals surface area contributed by atoms with Crippen molar-refractivity contribution in [2.45, 2.75) is 6.04 Å². The fraction of sp³-hybridized carbons (Fsp3) is 0.889. The van der Waals surface area contributed by atoms with Gasteiger partial charge in [-0.25, -0.2) is 0 Å². The van der Waals surface area contributed by atoms with Crippen LogP contribution in [-0.4, -0.2) is 72.9 Å². The Morgan fingerprint density at radius 1 is 1.29 bits per heavy atom. The quantitative estimate of drug-likeness (QED) is 0.639. The van der Waals surface area contributed by atoms with Crippen molar-refractivity contribution in [1.82, 2.24) is 9.80 Å². The van der Waals surface area contributed by atoms with E-state index in [-0.39, 0.29) is 6.54 Å². The Labute approximate surface area is 83.2 Å². The molecule has 0 aliphatic carbocycles. The number of rotatable bonds is 3. The first-order valence-electron chi connectivity index (χ1n) is 5.01. The number of carbonyl (C=O) groups is 1. The predicted molar refractivity (Wildman–Crippen MR) is 50.3 cm³/mol. The maximum absolute atomic E-state index is 10.5. The molecule has 0 unspecified atom stereocenters. The molecule has 0 atom stereocenters. The first kappa shape index (κ1) is 9.89. The molecule has 2 saturated heterocycles. The molecule has 2 heterocycles. The summed E-state index contributed by atoms with van der Waals surface area (Å²) in [5.41, 5.74) is 0. The van der Waals surface area contributed by atoms with Crippen LogP contribution in [0.25, 0.3) is 0 Å². The summed E-state index contributed by atoms with van der Waals surface area (Å²) in [7, 11) is 0. The van der Waals surface area contributed by atoms with Gasteiger partial charge in [-0.3, -0.25) is 14.6 Å². The Morgan fingerprint density at radius 2 is 1.93 bits per heavy atom. The molecular weight excluding hydrogens is 184 g/mol. The number of carboxylic acid groups (broad SMARTS) is 1. The van der Waals surface area contributed by atoms with Gasteiger partial charge in [0.05, 0.1) is 25.8 Å². The molecule has 0 radical (unpaired) electrons. The molecule has 0 amide bonds. The molecule has 0 aromatic heterocycles. The lowest BCUT2D eigenvalue weighted by Crippen LogP contribution is -2.57. The van der Waals surface area contributed by atoms with Gasteiger partial charge in [0, 0.05) is 26.2 Å². The molecule has 0 aromatic rings. The lowest BCUT2D eigenvalue weighted by Gasteiger charge is -2.42. The van der Waals surface area contributed by atoms with Crippen LogP contribution in [0, 0.1) is 0 Å². The summed E-state index contributed by atoms with van der Waals surface area (Å²) in [6, 6.07) is 0.585. The first-order chi connectivity index (χ1) is 6.75. The highest BCUT2D eigenvalue weighted by Gasteiger charge is 2.28. The second-order valence-electron chi connectivity index (χ2n) is 3.90. The average molecular weight is 200 g/mol. The van der Waals surface area contributed by atoms with Crippen LogP contribution in [0.4, 0.5) is 0 Å². The van der Waals surface area contributed by atoms with E-state index < -0.39 is 5.97 Å². The van der Waals surface area contributed by atoms with Gasteiger partial charge in [-0.1, -0.05) is 0 Å². The van der Waals surface area contributed by atoms with Crippen LogP contribution in [0.5, 0.6) is 0 Å². The molecule has 0 spiro atoms. The zero-order chi connectivity index (χ0) is 9.97. The summed E-state index contributed by atoms with van der Waals surface area (Å²) in [6.45, 7) is 5.54. The third-order valence-corrected chi connectivity index (χ3v) is 2.90. The Bertz CT molecular complexity index is 210. The number of ether oxygens (including phenoxy) is 1. The minimum atomic E-state index is -0.731. The smallest absolute Gasteiger partial charge is 0.317 e. The largest absolute Gasteiger partial charge is 0.480 e. The van der Waals surface area contributed by atoms with Crippen molar-refractivity contribution < 1.29 is 14.6 Å². The number of hydrogen-bond acceptors (Lipinski definition) is 4. The van der Waals surface area contributed by atoms with Gasteiger partial charge in [-0.2, -0.15) is 0 Å². The van der Waals surface area contributed by atoms with Gasteiger partial charge in [0.25, 0.3) is 0 Å². The van der Waals surface area contributed by atoms with Gasteiger partial charge in [-0.15, -0.1) is 0 Å². The molecule has 0 aromatic carbocycles. The van der Waals surface area contributed by atoms with E-state index in [1.54, 1.807) is 0 Å². The molecule has 2 rings (SSSR count). The van der Waals surface area contributed by atoms with E-state index >= 15 is 0 Å². The molecule has 0 saturated carbocycles. The summed E-state index contributed by atoms with van der Waals surface area (Å²) in [6.07, 6.45) is 0. The highest BCUT2D eigenvalue weighted by atomic mass is 16.5. The third-order valence-electron chi connectivity index (χ3n) is 2.90. The van der Waals surface area contributed by atoms with Crippen molar-refractivity contribution in [3.8, 4) is 0 Å². The van der Waals surface area contributed by atoms with E-state index in [4.69, 9.17) is 9.84 Å². The number of piperazine rings is 1. The van der Waals surface area contributed by atoms with Crippen molar-refractivity contribution in [3.63, 3.8) is 0 Å². The molecule has 14 heavy (non-hydrogen) atoms. The zero-order valence-electron chi connectivity index (χ0n) is 8.19. The normalized spacial score (nSPS) is 26.0. The summed E-state index contributed by atoms with van der Waals surface area (Å²) in [5.74, 6) is -0.731. The number of hydrogen-bond donors (Lipinski definition) is 1. The second-order valence-corrected chi connectivity index (χ2v) is 3.90. The predicted octanol–water partition coefficient (Wildman–Crippen LogP) is -0.913. The highest BCUT2D eigenvalue weighted by molar-refractivity contribution is 5.69. The molecule has 80 valence electrons. The summed E-state index contributed by atoms with van der Waals surface area (Å²) >= 11 is 0. The maximum Gasteiger partial charge on any atom is 0.317 e. The third kappa shape index (κ3) is 2.23.